The van der Waals surface area contributed by atoms with E-state index in [1.54, 1.807) is 7.05 Å². The molecule has 1 atom stereocenters. The minimum atomic E-state index is -0.0635. The number of carbonyl (C=O) groups is 1. The van der Waals surface area contributed by atoms with Gasteiger partial charge in [0.25, 0.3) is 5.91 Å². The average molecular weight is 518 g/mol. The van der Waals surface area contributed by atoms with Gasteiger partial charge in [0.05, 0.1) is 12.7 Å². The first-order valence-corrected chi connectivity index (χ1v) is 10.3. The Morgan fingerprint density at radius 2 is 2.21 bits per heavy atom. The molecule has 1 aromatic rings. The number of carbonyl (C=O) groups excluding carboxylic acids is 1. The van der Waals surface area contributed by atoms with E-state index in [9.17, 15) is 4.79 Å². The lowest BCUT2D eigenvalue weighted by Gasteiger charge is -2.12. The van der Waals surface area contributed by atoms with Gasteiger partial charge in [-0.25, -0.2) is 0 Å². The number of rotatable bonds is 11. The van der Waals surface area contributed by atoms with Crippen molar-refractivity contribution >= 4 is 35.8 Å². The van der Waals surface area contributed by atoms with Gasteiger partial charge in [0, 0.05) is 45.5 Å². The smallest absolute Gasteiger partial charge is 0.251 e. The van der Waals surface area contributed by atoms with E-state index in [4.69, 9.17) is 9.47 Å². The third-order valence-corrected chi connectivity index (χ3v) is 4.51. The number of nitrogens with zero attached hydrogens (tertiary/aromatic N) is 1. The van der Waals surface area contributed by atoms with E-state index in [1.165, 1.54) is 0 Å². The molecule has 0 spiro atoms. The molecule has 2 rings (SSSR count). The van der Waals surface area contributed by atoms with Crippen LogP contribution in [0, 0.1) is 0 Å². The summed E-state index contributed by atoms with van der Waals surface area (Å²) in [7, 11) is 1.64. The van der Waals surface area contributed by atoms with Crippen LogP contribution in [0.25, 0.3) is 0 Å². The van der Waals surface area contributed by atoms with Crippen LogP contribution >= 0.6 is 24.0 Å². The predicted octanol–water partition coefficient (Wildman–Crippen LogP) is 2.35. The Hall–Kier alpha value is -1.39. The van der Waals surface area contributed by atoms with Crippen molar-refractivity contribution < 1.29 is 14.3 Å². The number of hydrogen-bond donors (Lipinski definition) is 3. The maximum atomic E-state index is 11.7. The maximum absolute atomic E-state index is 11.7. The molecule has 164 valence electrons. The summed E-state index contributed by atoms with van der Waals surface area (Å²) in [5.74, 6) is 0.746. The van der Waals surface area contributed by atoms with Crippen LogP contribution in [0.4, 0.5) is 0 Å². The van der Waals surface area contributed by atoms with Gasteiger partial charge in [-0.2, -0.15) is 0 Å². The van der Waals surface area contributed by atoms with E-state index in [0.29, 0.717) is 25.3 Å². The molecule has 1 saturated heterocycles. The summed E-state index contributed by atoms with van der Waals surface area (Å²) in [6, 6.07) is 7.69. The number of amides is 1. The molecule has 1 unspecified atom stereocenters. The van der Waals surface area contributed by atoms with Gasteiger partial charge in [0.15, 0.2) is 5.96 Å². The van der Waals surface area contributed by atoms with Crippen LogP contribution < -0.4 is 16.0 Å². The molecule has 0 saturated carbocycles. The van der Waals surface area contributed by atoms with E-state index >= 15 is 0 Å². The first-order chi connectivity index (χ1) is 13.7. The summed E-state index contributed by atoms with van der Waals surface area (Å²) in [6.07, 6.45) is 4.24. The molecule has 7 nitrogen and oxygen atoms in total. The predicted molar refractivity (Wildman–Crippen MR) is 127 cm³/mol. The summed E-state index contributed by atoms with van der Waals surface area (Å²) in [5, 5.41) is 9.25. The number of guanidine groups is 1. The molecule has 0 bridgehead atoms. The lowest BCUT2D eigenvalue weighted by Crippen LogP contribution is -2.38. The quantitative estimate of drug-likeness (QED) is 0.181. The summed E-state index contributed by atoms with van der Waals surface area (Å²) in [5.41, 5.74) is 1.80. The van der Waals surface area contributed by atoms with Crippen molar-refractivity contribution in [3.05, 3.63) is 35.4 Å². The van der Waals surface area contributed by atoms with Crippen LogP contribution in [-0.4, -0.2) is 64.5 Å². The van der Waals surface area contributed by atoms with E-state index in [2.05, 4.69) is 27.9 Å². The first kappa shape index (κ1) is 25.6. The highest BCUT2D eigenvalue weighted by Crippen LogP contribution is 2.11. The van der Waals surface area contributed by atoms with Gasteiger partial charge in [-0.05, 0) is 50.3 Å². The highest BCUT2D eigenvalue weighted by molar-refractivity contribution is 14.0. The zero-order chi connectivity index (χ0) is 20.0. The monoisotopic (exact) mass is 518 g/mol. The van der Waals surface area contributed by atoms with Crippen LogP contribution in [0.1, 0.15) is 42.1 Å². The number of ether oxygens (including phenoxy) is 2. The molecule has 0 aliphatic carbocycles. The standard InChI is InChI=1S/C21H34N4O3.HI/c1-3-23-21(24-11-6-13-27-16-19-9-5-14-28-19)25-12-10-17-7-4-8-18(15-17)20(26)22-2;/h4,7-8,15,19H,3,5-6,9-14,16H2,1-2H3,(H,22,26)(H2,23,24,25);1H. The Balaban J connectivity index is 0.00000420. The van der Waals surface area contributed by atoms with E-state index in [1.807, 2.05) is 24.3 Å². The molecule has 1 aromatic carbocycles. The van der Waals surface area contributed by atoms with Gasteiger partial charge in [-0.1, -0.05) is 12.1 Å². The van der Waals surface area contributed by atoms with Crippen LogP contribution in [0.15, 0.2) is 29.3 Å². The Bertz CT molecular complexity index is 622. The third-order valence-electron chi connectivity index (χ3n) is 4.51. The Labute approximate surface area is 191 Å². The highest BCUT2D eigenvalue weighted by Gasteiger charge is 2.14. The van der Waals surface area contributed by atoms with Gasteiger partial charge in [0.1, 0.15) is 0 Å². The molecular formula is C21H35IN4O3. The number of halogens is 1. The fraction of sp³-hybridized carbons (Fsp3) is 0.619. The first-order valence-electron chi connectivity index (χ1n) is 10.3. The summed E-state index contributed by atoms with van der Waals surface area (Å²) in [6.45, 7) is 6.59. The lowest BCUT2D eigenvalue weighted by molar-refractivity contribution is 0.0171. The Morgan fingerprint density at radius 1 is 1.34 bits per heavy atom. The Kier molecular flexibility index (Phi) is 13.7. The highest BCUT2D eigenvalue weighted by atomic mass is 127. The second kappa shape index (κ2) is 15.4. The number of nitrogens with one attached hydrogen (secondary N) is 3. The average Bonchev–Trinajstić information content (AvgIpc) is 3.23. The van der Waals surface area contributed by atoms with Gasteiger partial charge < -0.3 is 25.4 Å². The van der Waals surface area contributed by atoms with E-state index in [-0.39, 0.29) is 36.0 Å². The van der Waals surface area contributed by atoms with Crippen molar-refractivity contribution in [2.45, 2.75) is 38.7 Å². The fourth-order valence-electron chi connectivity index (χ4n) is 3.03. The molecule has 0 radical (unpaired) electrons. The maximum Gasteiger partial charge on any atom is 0.251 e. The van der Waals surface area contributed by atoms with E-state index in [0.717, 1.165) is 56.9 Å². The number of hydrogen-bond acceptors (Lipinski definition) is 4. The lowest BCUT2D eigenvalue weighted by atomic mass is 10.1. The third kappa shape index (κ3) is 10.3. The molecule has 1 amide bonds. The fourth-order valence-corrected chi connectivity index (χ4v) is 3.03. The summed E-state index contributed by atoms with van der Waals surface area (Å²) >= 11 is 0. The van der Waals surface area contributed by atoms with E-state index < -0.39 is 0 Å². The SMILES string of the molecule is CCNC(=NCCCOCC1CCCO1)NCCc1cccc(C(=O)NC)c1.I. The summed E-state index contributed by atoms with van der Waals surface area (Å²) < 4.78 is 11.2. The van der Waals surface area contributed by atoms with Crippen molar-refractivity contribution in [1.82, 2.24) is 16.0 Å². The normalized spacial score (nSPS) is 16.2. The van der Waals surface area contributed by atoms with Gasteiger partial charge in [-0.15, -0.1) is 24.0 Å². The second-order valence-electron chi connectivity index (χ2n) is 6.78. The minimum absolute atomic E-state index is 0. The molecule has 1 heterocycles. The zero-order valence-electron chi connectivity index (χ0n) is 17.5. The van der Waals surface area contributed by atoms with Crippen molar-refractivity contribution in [2.24, 2.45) is 4.99 Å². The molecule has 8 heteroatoms. The largest absolute Gasteiger partial charge is 0.379 e. The van der Waals surface area contributed by atoms with Crippen molar-refractivity contribution in [3.63, 3.8) is 0 Å². The van der Waals surface area contributed by atoms with Crippen LogP contribution in [-0.2, 0) is 15.9 Å². The van der Waals surface area contributed by atoms with Crippen LogP contribution in [0.3, 0.4) is 0 Å². The second-order valence-corrected chi connectivity index (χ2v) is 6.78. The summed E-state index contributed by atoms with van der Waals surface area (Å²) in [4.78, 5) is 16.3. The zero-order valence-corrected chi connectivity index (χ0v) is 19.9. The van der Waals surface area contributed by atoms with Crippen LogP contribution in [0.2, 0.25) is 0 Å². The number of aliphatic imine (C=N–C) groups is 1. The van der Waals surface area contributed by atoms with Crippen molar-refractivity contribution in [1.29, 1.82) is 0 Å². The molecule has 29 heavy (non-hydrogen) atoms. The number of benzene rings is 1. The molecule has 1 fully saturated rings. The van der Waals surface area contributed by atoms with Gasteiger partial charge >= 0.3 is 0 Å². The van der Waals surface area contributed by atoms with Gasteiger partial charge in [-0.3, -0.25) is 9.79 Å². The molecule has 3 N–H and O–H groups in total. The molecule has 1 aliphatic heterocycles. The molecule has 1 aliphatic rings. The minimum Gasteiger partial charge on any atom is -0.379 e. The molecular weight excluding hydrogens is 483 g/mol. The Morgan fingerprint density at radius 3 is 2.93 bits per heavy atom. The van der Waals surface area contributed by atoms with Gasteiger partial charge in [0.2, 0.25) is 0 Å². The molecule has 0 aromatic heterocycles. The van der Waals surface area contributed by atoms with Crippen molar-refractivity contribution in [3.8, 4) is 0 Å². The van der Waals surface area contributed by atoms with Crippen LogP contribution in [0.5, 0.6) is 0 Å². The van der Waals surface area contributed by atoms with Crippen molar-refractivity contribution in [2.75, 3.05) is 46.5 Å². The topological polar surface area (TPSA) is 84.0 Å².